The Kier molecular flexibility index (Phi) is 7.60. The molecule has 1 aromatic carbocycles. The van der Waals surface area contributed by atoms with Gasteiger partial charge in [0.1, 0.15) is 5.75 Å². The summed E-state index contributed by atoms with van der Waals surface area (Å²) >= 11 is 0. The fourth-order valence-electron chi connectivity index (χ4n) is 1.73. The van der Waals surface area contributed by atoms with Gasteiger partial charge in [-0.05, 0) is 43.8 Å². The maximum atomic E-state index is 6.13. The summed E-state index contributed by atoms with van der Waals surface area (Å²) in [7, 11) is -1.49. The van der Waals surface area contributed by atoms with Crippen LogP contribution >= 0.6 is 12.4 Å². The van der Waals surface area contributed by atoms with Crippen molar-refractivity contribution in [3.05, 3.63) is 29.8 Å². The van der Waals surface area contributed by atoms with Crippen molar-refractivity contribution in [2.75, 3.05) is 0 Å². The van der Waals surface area contributed by atoms with Crippen LogP contribution in [0.3, 0.4) is 0 Å². The molecule has 4 heteroatoms. The van der Waals surface area contributed by atoms with Gasteiger partial charge in [0.25, 0.3) is 0 Å². The van der Waals surface area contributed by atoms with E-state index in [2.05, 4.69) is 38.7 Å². The average molecular weight is 288 g/mol. The van der Waals surface area contributed by atoms with Crippen LogP contribution in [-0.2, 0) is 0 Å². The summed E-state index contributed by atoms with van der Waals surface area (Å²) in [6.07, 6.45) is 3.45. The molecule has 2 nitrogen and oxygen atoms in total. The van der Waals surface area contributed by atoms with E-state index in [-0.39, 0.29) is 18.4 Å². The Bertz CT molecular complexity index is 335. The molecule has 0 amide bonds. The van der Waals surface area contributed by atoms with Crippen LogP contribution in [0.5, 0.6) is 5.75 Å². The summed E-state index contributed by atoms with van der Waals surface area (Å²) in [5, 5.41) is 0. The molecule has 0 aliphatic rings. The molecule has 0 unspecified atom stereocenters. The highest BCUT2D eigenvalue weighted by molar-refractivity contribution is 6.70. The summed E-state index contributed by atoms with van der Waals surface area (Å²) in [5.41, 5.74) is 7.34. The van der Waals surface area contributed by atoms with Crippen molar-refractivity contribution in [1.82, 2.24) is 0 Å². The molecule has 1 rings (SSSR count). The molecule has 18 heavy (non-hydrogen) atoms. The van der Waals surface area contributed by atoms with E-state index >= 15 is 0 Å². The van der Waals surface area contributed by atoms with Crippen LogP contribution in [0, 0.1) is 0 Å². The zero-order chi connectivity index (χ0) is 12.9. The molecule has 0 aliphatic carbocycles. The standard InChI is InChI=1S/C14H25NOSi.ClH/c1-5-6-7-14(15)12-8-10-13(11-9-12)16-17(2,3)4;/h8-11,14H,5-7,15H2,1-4H3;1H/t14-;/m1./s1. The molecule has 2 N–H and O–H groups in total. The first-order chi connectivity index (χ1) is 7.92. The van der Waals surface area contributed by atoms with Crippen LogP contribution in [0.25, 0.3) is 0 Å². The first kappa shape index (κ1) is 17.5. The van der Waals surface area contributed by atoms with Gasteiger partial charge in [-0.15, -0.1) is 12.4 Å². The Morgan fingerprint density at radius 1 is 1.17 bits per heavy atom. The van der Waals surface area contributed by atoms with Crippen molar-refractivity contribution in [1.29, 1.82) is 0 Å². The predicted octanol–water partition coefficient (Wildman–Crippen LogP) is 4.51. The van der Waals surface area contributed by atoms with Gasteiger partial charge in [-0.3, -0.25) is 0 Å². The maximum absolute atomic E-state index is 6.13. The monoisotopic (exact) mass is 287 g/mol. The van der Waals surface area contributed by atoms with Crippen LogP contribution < -0.4 is 10.2 Å². The quantitative estimate of drug-likeness (QED) is 0.781. The van der Waals surface area contributed by atoms with Crippen molar-refractivity contribution >= 4 is 20.7 Å². The lowest BCUT2D eigenvalue weighted by atomic mass is 10.0. The molecule has 0 spiro atoms. The van der Waals surface area contributed by atoms with Gasteiger partial charge in [-0.25, -0.2) is 0 Å². The molecule has 1 atom stereocenters. The van der Waals surface area contributed by atoms with Gasteiger partial charge in [0.05, 0.1) is 0 Å². The summed E-state index contributed by atoms with van der Waals surface area (Å²) in [4.78, 5) is 0. The van der Waals surface area contributed by atoms with E-state index in [4.69, 9.17) is 10.2 Å². The molecular weight excluding hydrogens is 262 g/mol. The summed E-state index contributed by atoms with van der Waals surface area (Å²) in [6.45, 7) is 8.76. The number of hydrogen-bond acceptors (Lipinski definition) is 2. The zero-order valence-corrected chi connectivity index (χ0v) is 13.7. The topological polar surface area (TPSA) is 35.2 Å². The summed E-state index contributed by atoms with van der Waals surface area (Å²) in [5.74, 6) is 0.968. The Hall–Kier alpha value is -0.513. The number of hydrogen-bond donors (Lipinski definition) is 1. The summed E-state index contributed by atoms with van der Waals surface area (Å²) < 4.78 is 5.92. The lowest BCUT2D eigenvalue weighted by molar-refractivity contribution is 0.555. The lowest BCUT2D eigenvalue weighted by Crippen LogP contribution is -2.29. The Morgan fingerprint density at radius 2 is 1.72 bits per heavy atom. The molecule has 0 saturated heterocycles. The molecule has 0 saturated carbocycles. The van der Waals surface area contributed by atoms with Gasteiger partial charge < -0.3 is 10.2 Å². The van der Waals surface area contributed by atoms with Gasteiger partial charge >= 0.3 is 0 Å². The number of benzene rings is 1. The molecule has 0 bridgehead atoms. The van der Waals surface area contributed by atoms with Crippen LogP contribution in [0.15, 0.2) is 24.3 Å². The Balaban J connectivity index is 0.00000289. The third-order valence-corrected chi connectivity index (χ3v) is 3.45. The fraction of sp³-hybridized carbons (Fsp3) is 0.571. The third-order valence-electron chi connectivity index (χ3n) is 2.60. The smallest absolute Gasteiger partial charge is 0.242 e. The first-order valence-electron chi connectivity index (χ1n) is 6.47. The molecular formula is C14H26ClNOSi. The largest absolute Gasteiger partial charge is 0.544 e. The zero-order valence-electron chi connectivity index (χ0n) is 11.9. The van der Waals surface area contributed by atoms with Crippen molar-refractivity contribution in [3.8, 4) is 5.75 Å². The van der Waals surface area contributed by atoms with Gasteiger partial charge in [0.2, 0.25) is 8.32 Å². The van der Waals surface area contributed by atoms with Crippen molar-refractivity contribution in [2.24, 2.45) is 5.73 Å². The Labute approximate surface area is 118 Å². The van der Waals surface area contributed by atoms with Crippen molar-refractivity contribution < 1.29 is 4.43 Å². The molecule has 0 fully saturated rings. The SMILES string of the molecule is CCCC[C@@H](N)c1ccc(O[Si](C)(C)C)cc1.Cl. The highest BCUT2D eigenvalue weighted by Gasteiger charge is 2.16. The number of nitrogens with two attached hydrogens (primary N) is 1. The molecule has 0 aromatic heterocycles. The normalized spacial score (nSPS) is 12.7. The first-order valence-corrected chi connectivity index (χ1v) is 9.88. The second kappa shape index (κ2) is 7.82. The molecule has 0 aliphatic heterocycles. The average Bonchev–Trinajstić information content (AvgIpc) is 2.24. The third kappa shape index (κ3) is 6.43. The van der Waals surface area contributed by atoms with E-state index in [0.717, 1.165) is 12.2 Å². The predicted molar refractivity (Wildman–Crippen MR) is 84.1 cm³/mol. The van der Waals surface area contributed by atoms with E-state index in [9.17, 15) is 0 Å². The highest BCUT2D eigenvalue weighted by Crippen LogP contribution is 2.21. The van der Waals surface area contributed by atoms with Crippen LogP contribution in [0.4, 0.5) is 0 Å². The molecule has 0 radical (unpaired) electrons. The number of rotatable bonds is 6. The molecule has 104 valence electrons. The van der Waals surface area contributed by atoms with Gasteiger partial charge in [0, 0.05) is 6.04 Å². The minimum atomic E-state index is -1.49. The van der Waals surface area contributed by atoms with Gasteiger partial charge in [-0.2, -0.15) is 0 Å². The van der Waals surface area contributed by atoms with Crippen molar-refractivity contribution in [3.63, 3.8) is 0 Å². The molecule has 1 aromatic rings. The van der Waals surface area contributed by atoms with Crippen LogP contribution in [-0.4, -0.2) is 8.32 Å². The van der Waals surface area contributed by atoms with Gasteiger partial charge in [-0.1, -0.05) is 31.9 Å². The van der Waals surface area contributed by atoms with Crippen LogP contribution in [0.1, 0.15) is 37.8 Å². The van der Waals surface area contributed by atoms with Crippen molar-refractivity contribution in [2.45, 2.75) is 51.9 Å². The summed E-state index contributed by atoms with van der Waals surface area (Å²) in [6, 6.07) is 8.43. The van der Waals surface area contributed by atoms with E-state index in [0.29, 0.717) is 0 Å². The van der Waals surface area contributed by atoms with E-state index in [1.165, 1.54) is 18.4 Å². The number of unbranched alkanes of at least 4 members (excludes halogenated alkanes) is 1. The Morgan fingerprint density at radius 3 is 2.17 bits per heavy atom. The highest BCUT2D eigenvalue weighted by atomic mass is 35.5. The lowest BCUT2D eigenvalue weighted by Gasteiger charge is -2.20. The minimum Gasteiger partial charge on any atom is -0.544 e. The van der Waals surface area contributed by atoms with E-state index in [1.54, 1.807) is 0 Å². The van der Waals surface area contributed by atoms with E-state index < -0.39 is 8.32 Å². The number of halogens is 1. The minimum absolute atomic E-state index is 0. The van der Waals surface area contributed by atoms with Gasteiger partial charge in [0.15, 0.2) is 0 Å². The second-order valence-corrected chi connectivity index (χ2v) is 9.96. The van der Waals surface area contributed by atoms with E-state index in [1.807, 2.05) is 12.1 Å². The second-order valence-electron chi connectivity index (χ2n) is 5.53. The van der Waals surface area contributed by atoms with Crippen LogP contribution in [0.2, 0.25) is 19.6 Å². The fourth-order valence-corrected chi connectivity index (χ4v) is 2.57. The molecule has 0 heterocycles. The maximum Gasteiger partial charge on any atom is 0.242 e.